The molecule has 1 aliphatic rings. The summed E-state index contributed by atoms with van der Waals surface area (Å²) in [6.07, 6.45) is 9.27. The third kappa shape index (κ3) is 6.54. The first-order valence-electron chi connectivity index (χ1n) is 5.86. The lowest BCUT2D eigenvalue weighted by atomic mass is 10.1. The predicted molar refractivity (Wildman–Crippen MR) is 68.5 cm³/mol. The van der Waals surface area contributed by atoms with Gasteiger partial charge in [-0.3, -0.25) is 0 Å². The van der Waals surface area contributed by atoms with Crippen molar-refractivity contribution in [2.45, 2.75) is 51.4 Å². The van der Waals surface area contributed by atoms with Crippen LogP contribution in [0.3, 0.4) is 0 Å². The highest BCUT2D eigenvalue weighted by Crippen LogP contribution is 2.13. The van der Waals surface area contributed by atoms with Gasteiger partial charge in [0.15, 0.2) is 0 Å². The number of hydrogen-bond acceptors (Lipinski definition) is 1. The fourth-order valence-corrected chi connectivity index (χ4v) is 2.14. The molecule has 1 unspecified atom stereocenters. The van der Waals surface area contributed by atoms with E-state index in [1.165, 1.54) is 19.3 Å². The van der Waals surface area contributed by atoms with Crippen LogP contribution in [-0.4, -0.2) is 20.8 Å². The predicted octanol–water partition coefficient (Wildman–Crippen LogP) is 3.38. The lowest BCUT2D eigenvalue weighted by Crippen LogP contribution is -2.16. The molecular formula is C13H22OSi. The molecule has 1 heterocycles. The molecule has 0 aromatic heterocycles. The third-order valence-electron chi connectivity index (χ3n) is 2.25. The molecule has 1 fully saturated rings. The number of ether oxygens (including phenoxy) is 1. The molecule has 1 saturated heterocycles. The monoisotopic (exact) mass is 222 g/mol. The van der Waals surface area contributed by atoms with Crippen molar-refractivity contribution in [2.75, 3.05) is 6.61 Å². The van der Waals surface area contributed by atoms with Crippen molar-refractivity contribution in [3.05, 3.63) is 12.2 Å². The molecule has 0 aromatic carbocycles. The Morgan fingerprint density at radius 3 is 2.73 bits per heavy atom. The second-order valence-corrected chi connectivity index (χ2v) is 9.84. The van der Waals surface area contributed by atoms with E-state index in [1.807, 2.05) is 0 Å². The zero-order valence-corrected chi connectivity index (χ0v) is 11.2. The second-order valence-electron chi connectivity index (χ2n) is 5.09. The summed E-state index contributed by atoms with van der Waals surface area (Å²) in [6, 6.07) is 0. The van der Waals surface area contributed by atoms with Crippen LogP contribution in [0.25, 0.3) is 0 Å². The zero-order valence-electron chi connectivity index (χ0n) is 10.2. The summed E-state index contributed by atoms with van der Waals surface area (Å²) < 4.78 is 5.60. The van der Waals surface area contributed by atoms with Gasteiger partial charge in [-0.05, 0) is 19.3 Å². The fourth-order valence-electron chi connectivity index (χ4n) is 1.51. The van der Waals surface area contributed by atoms with E-state index >= 15 is 0 Å². The molecule has 0 radical (unpaired) electrons. The van der Waals surface area contributed by atoms with Crippen molar-refractivity contribution >= 4 is 8.07 Å². The van der Waals surface area contributed by atoms with Crippen molar-refractivity contribution in [3.8, 4) is 11.5 Å². The Morgan fingerprint density at radius 1 is 1.33 bits per heavy atom. The van der Waals surface area contributed by atoms with Crippen molar-refractivity contribution in [3.63, 3.8) is 0 Å². The molecule has 0 bridgehead atoms. The van der Waals surface area contributed by atoms with Gasteiger partial charge >= 0.3 is 0 Å². The van der Waals surface area contributed by atoms with E-state index in [0.29, 0.717) is 6.10 Å². The van der Waals surface area contributed by atoms with Gasteiger partial charge < -0.3 is 4.74 Å². The van der Waals surface area contributed by atoms with Gasteiger partial charge in [-0.2, -0.15) is 0 Å². The van der Waals surface area contributed by atoms with Gasteiger partial charge in [-0.15, -0.1) is 11.5 Å². The molecule has 2 heteroatoms. The van der Waals surface area contributed by atoms with Gasteiger partial charge in [0.05, 0.1) is 6.10 Å². The van der Waals surface area contributed by atoms with Crippen LogP contribution in [0.2, 0.25) is 19.6 Å². The molecule has 0 N–H and O–H groups in total. The van der Waals surface area contributed by atoms with Gasteiger partial charge in [0, 0.05) is 13.0 Å². The minimum Gasteiger partial charge on any atom is -0.374 e. The second kappa shape index (κ2) is 6.15. The normalized spacial score (nSPS) is 22.5. The number of allylic oxidation sites excluding steroid dienone is 1. The van der Waals surface area contributed by atoms with E-state index in [-0.39, 0.29) is 0 Å². The van der Waals surface area contributed by atoms with Crippen molar-refractivity contribution < 1.29 is 4.74 Å². The van der Waals surface area contributed by atoms with E-state index in [4.69, 9.17) is 4.74 Å². The maximum absolute atomic E-state index is 5.60. The minimum atomic E-state index is -1.17. The highest BCUT2D eigenvalue weighted by atomic mass is 28.3. The average molecular weight is 222 g/mol. The Morgan fingerprint density at radius 2 is 2.13 bits per heavy atom. The van der Waals surface area contributed by atoms with Gasteiger partial charge in [0.2, 0.25) is 0 Å². The van der Waals surface area contributed by atoms with Gasteiger partial charge in [0.25, 0.3) is 0 Å². The van der Waals surface area contributed by atoms with Crippen molar-refractivity contribution in [2.24, 2.45) is 0 Å². The molecule has 15 heavy (non-hydrogen) atoms. The Bertz CT molecular complexity index is 258. The molecule has 84 valence electrons. The third-order valence-corrected chi connectivity index (χ3v) is 3.18. The summed E-state index contributed by atoms with van der Waals surface area (Å²) in [5.74, 6) is 3.23. The molecule has 1 atom stereocenters. The fraction of sp³-hybridized carbons (Fsp3) is 0.692. The Kier molecular flexibility index (Phi) is 5.14. The maximum atomic E-state index is 5.60. The SMILES string of the molecule is C[Si](C)(C)C#CC/C=C/C1CCCCO1. The highest BCUT2D eigenvalue weighted by Gasteiger charge is 2.09. The standard InChI is InChI=1S/C13H22OSi/c1-15(2,3)12-8-4-5-9-13-10-6-7-11-14-13/h5,9,13H,4,6-7,10-11H2,1-3H3/b9-5+. The van der Waals surface area contributed by atoms with Crippen LogP contribution in [0.5, 0.6) is 0 Å². The van der Waals surface area contributed by atoms with Crippen LogP contribution in [0.1, 0.15) is 25.7 Å². The summed E-state index contributed by atoms with van der Waals surface area (Å²) >= 11 is 0. The van der Waals surface area contributed by atoms with Crippen LogP contribution in [-0.2, 0) is 4.74 Å². The first kappa shape index (κ1) is 12.5. The minimum absolute atomic E-state index is 0.354. The van der Waals surface area contributed by atoms with Crippen LogP contribution in [0.15, 0.2) is 12.2 Å². The van der Waals surface area contributed by atoms with Crippen LogP contribution >= 0.6 is 0 Å². The Hall–Kier alpha value is -0.523. The van der Waals surface area contributed by atoms with E-state index in [1.54, 1.807) is 0 Å². The van der Waals surface area contributed by atoms with Gasteiger partial charge in [-0.25, -0.2) is 0 Å². The molecule has 0 aliphatic carbocycles. The summed E-state index contributed by atoms with van der Waals surface area (Å²) in [5, 5.41) is 0. The van der Waals surface area contributed by atoms with Crippen molar-refractivity contribution in [1.82, 2.24) is 0 Å². The summed E-state index contributed by atoms with van der Waals surface area (Å²) in [6.45, 7) is 7.74. The number of rotatable bonds is 2. The quantitative estimate of drug-likeness (QED) is 0.395. The smallest absolute Gasteiger partial charge is 0.129 e. The average Bonchev–Trinajstić information content (AvgIpc) is 2.17. The Balaban J connectivity index is 2.23. The molecule has 0 amide bonds. The van der Waals surface area contributed by atoms with Crippen molar-refractivity contribution in [1.29, 1.82) is 0 Å². The van der Waals surface area contributed by atoms with E-state index < -0.39 is 8.07 Å². The molecule has 1 rings (SSSR count). The Labute approximate surface area is 94.9 Å². The van der Waals surface area contributed by atoms with Gasteiger partial charge in [0.1, 0.15) is 8.07 Å². The molecule has 1 nitrogen and oxygen atoms in total. The topological polar surface area (TPSA) is 9.23 Å². The summed E-state index contributed by atoms with van der Waals surface area (Å²) in [5.41, 5.74) is 3.36. The highest BCUT2D eigenvalue weighted by molar-refractivity contribution is 6.83. The zero-order chi connectivity index (χ0) is 11.1. The summed E-state index contributed by atoms with van der Waals surface area (Å²) in [4.78, 5) is 0. The van der Waals surface area contributed by atoms with Crippen LogP contribution in [0, 0.1) is 11.5 Å². The van der Waals surface area contributed by atoms with E-state index in [9.17, 15) is 0 Å². The van der Waals surface area contributed by atoms with E-state index in [2.05, 4.69) is 43.3 Å². The molecule has 0 aromatic rings. The molecule has 0 saturated carbocycles. The van der Waals surface area contributed by atoms with Crippen LogP contribution in [0.4, 0.5) is 0 Å². The lowest BCUT2D eigenvalue weighted by Gasteiger charge is -2.18. The summed E-state index contributed by atoms with van der Waals surface area (Å²) in [7, 11) is -1.17. The maximum Gasteiger partial charge on any atom is 0.129 e. The lowest BCUT2D eigenvalue weighted by molar-refractivity contribution is 0.0465. The largest absolute Gasteiger partial charge is 0.374 e. The first-order chi connectivity index (χ1) is 7.08. The first-order valence-corrected chi connectivity index (χ1v) is 9.36. The number of hydrogen-bond donors (Lipinski definition) is 0. The van der Waals surface area contributed by atoms with Gasteiger partial charge in [-0.1, -0.05) is 31.8 Å². The van der Waals surface area contributed by atoms with E-state index in [0.717, 1.165) is 13.0 Å². The molecule has 1 aliphatic heterocycles. The molecule has 0 spiro atoms. The molecular weight excluding hydrogens is 200 g/mol. The van der Waals surface area contributed by atoms with Crippen LogP contribution < -0.4 is 0 Å².